The number of benzene rings is 3. The third-order valence-corrected chi connectivity index (χ3v) is 6.09. The molecule has 0 aliphatic rings. The van der Waals surface area contributed by atoms with Crippen LogP contribution in [0.25, 0.3) is 33.6 Å². The lowest BCUT2D eigenvalue weighted by molar-refractivity contribution is 0.960. The summed E-state index contributed by atoms with van der Waals surface area (Å²) in [4.78, 5) is 25.5. The number of aryl methyl sites for hydroxylation is 1. The molecule has 0 spiro atoms. The molecule has 0 aliphatic carbocycles. The Kier molecular flexibility index (Phi) is 5.40. The summed E-state index contributed by atoms with van der Waals surface area (Å²) in [5.74, 6) is 1.04. The Bertz CT molecular complexity index is 1580. The molecule has 0 radical (unpaired) electrons. The van der Waals surface area contributed by atoms with Crippen molar-refractivity contribution in [2.45, 2.75) is 6.92 Å². The molecule has 2 aromatic heterocycles. The third-order valence-electron chi connectivity index (χ3n) is 5.46. The van der Waals surface area contributed by atoms with Crippen LogP contribution in [0.15, 0.2) is 65.5 Å². The number of para-hydroxylation sites is 1. The van der Waals surface area contributed by atoms with Gasteiger partial charge >= 0.3 is 0 Å². The number of halogens is 2. The molecule has 0 aliphatic heterocycles. The first kappa shape index (κ1) is 21.2. The minimum Gasteiger partial charge on any atom is -0.323 e. The monoisotopic (exact) mass is 475 g/mol. The van der Waals surface area contributed by atoms with Gasteiger partial charge in [0.2, 0.25) is 5.95 Å². The molecule has 6 nitrogen and oxygen atoms in total. The van der Waals surface area contributed by atoms with Crippen molar-refractivity contribution >= 4 is 68.4 Å². The summed E-state index contributed by atoms with van der Waals surface area (Å²) in [7, 11) is 1.83. The Balaban J connectivity index is 1.63. The highest BCUT2D eigenvalue weighted by Gasteiger charge is 2.17. The number of anilines is 2. The van der Waals surface area contributed by atoms with Crippen molar-refractivity contribution in [2.24, 2.45) is 7.05 Å². The highest BCUT2D eigenvalue weighted by molar-refractivity contribution is 6.39. The van der Waals surface area contributed by atoms with Crippen molar-refractivity contribution in [3.05, 3.63) is 92.5 Å². The molecule has 2 N–H and O–H groups in total. The van der Waals surface area contributed by atoms with E-state index in [1.807, 2.05) is 62.5 Å². The predicted molar refractivity (Wildman–Crippen MR) is 136 cm³/mol. The number of nitrogens with zero attached hydrogens (tertiary/aromatic N) is 3. The summed E-state index contributed by atoms with van der Waals surface area (Å²) in [5, 5.41) is 4.61. The van der Waals surface area contributed by atoms with Crippen molar-refractivity contribution in [2.75, 3.05) is 5.32 Å². The van der Waals surface area contributed by atoms with Crippen LogP contribution in [-0.2, 0) is 7.05 Å². The second kappa shape index (κ2) is 8.39. The molecule has 0 saturated heterocycles. The van der Waals surface area contributed by atoms with Crippen molar-refractivity contribution in [3.8, 4) is 0 Å². The smallest absolute Gasteiger partial charge is 0.261 e. The SMILES string of the molecule is C/C(=C\c1ccccc1)c1nc2ccc3nc(Nc4c(Cl)cccc4Cl)n(C)c3c2c(=O)[nH]1. The second-order valence-corrected chi connectivity index (χ2v) is 8.51. The van der Waals surface area contributed by atoms with Crippen LogP contribution in [0.3, 0.4) is 0 Å². The van der Waals surface area contributed by atoms with Crippen LogP contribution < -0.4 is 10.9 Å². The van der Waals surface area contributed by atoms with Crippen molar-refractivity contribution in [1.29, 1.82) is 0 Å². The molecular weight excluding hydrogens is 457 g/mol. The number of fused-ring (bicyclic) bond motifs is 3. The van der Waals surface area contributed by atoms with Crippen LogP contribution in [0.2, 0.25) is 10.0 Å². The number of H-pyrrole nitrogens is 1. The standard InChI is InChI=1S/C25H19Cl2N5O/c1-14(13-15-7-4-3-5-8-15)23-28-18-11-12-19-22(20(18)24(33)31-23)32(2)25(29-19)30-21-16(26)9-6-10-17(21)27/h3-13H,1-2H3,(H,29,30)(H,28,31,33)/b14-13+. The van der Waals surface area contributed by atoms with Crippen LogP contribution >= 0.6 is 23.2 Å². The van der Waals surface area contributed by atoms with Gasteiger partial charge in [0, 0.05) is 7.05 Å². The average Bonchev–Trinajstić information content (AvgIpc) is 3.12. The summed E-state index contributed by atoms with van der Waals surface area (Å²) in [6.07, 6.45) is 1.99. The zero-order chi connectivity index (χ0) is 23.1. The van der Waals surface area contributed by atoms with Crippen molar-refractivity contribution in [1.82, 2.24) is 19.5 Å². The number of rotatable bonds is 4. The van der Waals surface area contributed by atoms with Gasteiger partial charge in [0.05, 0.1) is 37.7 Å². The van der Waals surface area contributed by atoms with Gasteiger partial charge in [-0.2, -0.15) is 0 Å². The van der Waals surface area contributed by atoms with Gasteiger partial charge in [-0.3, -0.25) is 4.79 Å². The minimum atomic E-state index is -0.230. The fraction of sp³-hybridized carbons (Fsp3) is 0.0800. The molecule has 0 saturated carbocycles. The number of hydrogen-bond donors (Lipinski definition) is 2. The van der Waals surface area contributed by atoms with Crippen molar-refractivity contribution < 1.29 is 0 Å². The largest absolute Gasteiger partial charge is 0.323 e. The van der Waals surface area contributed by atoms with E-state index >= 15 is 0 Å². The maximum Gasteiger partial charge on any atom is 0.261 e. The Labute approximate surface area is 199 Å². The van der Waals surface area contributed by atoms with Crippen LogP contribution in [0.4, 0.5) is 11.6 Å². The van der Waals surface area contributed by atoms with Crippen LogP contribution in [0, 0.1) is 0 Å². The van der Waals surface area contributed by atoms with E-state index in [-0.39, 0.29) is 5.56 Å². The van der Waals surface area contributed by atoms with Gasteiger partial charge in [-0.15, -0.1) is 0 Å². The molecule has 0 bridgehead atoms. The maximum absolute atomic E-state index is 13.2. The van der Waals surface area contributed by atoms with Gasteiger partial charge in [-0.05, 0) is 48.4 Å². The first-order valence-electron chi connectivity index (χ1n) is 10.3. The predicted octanol–water partition coefficient (Wildman–Crippen LogP) is 6.42. The van der Waals surface area contributed by atoms with E-state index in [9.17, 15) is 4.79 Å². The minimum absolute atomic E-state index is 0.230. The molecule has 0 fully saturated rings. The Morgan fingerprint density at radius 2 is 1.67 bits per heavy atom. The van der Waals surface area contributed by atoms with Gasteiger partial charge in [-0.1, -0.05) is 59.6 Å². The molecule has 3 aromatic carbocycles. The van der Waals surface area contributed by atoms with Gasteiger partial charge in [0.15, 0.2) is 0 Å². The normalized spacial score (nSPS) is 11.9. The topological polar surface area (TPSA) is 75.6 Å². The van der Waals surface area contributed by atoms with Crippen molar-refractivity contribution in [3.63, 3.8) is 0 Å². The average molecular weight is 476 g/mol. The van der Waals surface area contributed by atoms with Crippen LogP contribution in [0.5, 0.6) is 0 Å². The van der Waals surface area contributed by atoms with E-state index in [4.69, 9.17) is 28.2 Å². The molecule has 0 atom stereocenters. The van der Waals surface area contributed by atoms with E-state index in [0.29, 0.717) is 49.4 Å². The fourth-order valence-electron chi connectivity index (χ4n) is 3.82. The summed E-state index contributed by atoms with van der Waals surface area (Å²) < 4.78 is 1.81. The molecular formula is C25H19Cl2N5O. The van der Waals surface area contributed by atoms with Gasteiger partial charge in [0.1, 0.15) is 5.82 Å². The molecule has 8 heteroatoms. The summed E-state index contributed by atoms with van der Waals surface area (Å²) >= 11 is 12.6. The molecule has 0 amide bonds. The molecule has 5 aromatic rings. The van der Waals surface area contributed by atoms with E-state index in [0.717, 1.165) is 11.1 Å². The lowest BCUT2D eigenvalue weighted by Crippen LogP contribution is -2.12. The molecule has 5 rings (SSSR count). The number of hydrogen-bond acceptors (Lipinski definition) is 4. The number of imidazole rings is 1. The third kappa shape index (κ3) is 3.88. The number of allylic oxidation sites excluding steroid dienone is 1. The van der Waals surface area contributed by atoms with Crippen LogP contribution in [0.1, 0.15) is 18.3 Å². The van der Waals surface area contributed by atoms with Crippen LogP contribution in [-0.4, -0.2) is 19.5 Å². The summed E-state index contributed by atoms with van der Waals surface area (Å²) in [5.41, 5.74) is 4.14. The quantitative estimate of drug-likeness (QED) is 0.314. The Morgan fingerprint density at radius 1 is 0.970 bits per heavy atom. The maximum atomic E-state index is 13.2. The summed E-state index contributed by atoms with van der Waals surface area (Å²) in [6.45, 7) is 1.93. The van der Waals surface area contributed by atoms with Gasteiger partial charge < -0.3 is 14.9 Å². The second-order valence-electron chi connectivity index (χ2n) is 7.70. The number of aromatic nitrogens is 4. The van der Waals surface area contributed by atoms with Gasteiger partial charge in [-0.25, -0.2) is 9.97 Å². The Morgan fingerprint density at radius 3 is 2.39 bits per heavy atom. The zero-order valence-corrected chi connectivity index (χ0v) is 19.4. The fourth-order valence-corrected chi connectivity index (χ4v) is 4.32. The lowest BCUT2D eigenvalue weighted by Gasteiger charge is -2.10. The van der Waals surface area contributed by atoms with Gasteiger partial charge in [0.25, 0.3) is 5.56 Å². The number of aromatic amines is 1. The first-order chi connectivity index (χ1) is 15.9. The summed E-state index contributed by atoms with van der Waals surface area (Å²) in [6, 6.07) is 18.8. The highest BCUT2D eigenvalue weighted by atomic mass is 35.5. The molecule has 0 unspecified atom stereocenters. The number of nitrogens with one attached hydrogen (secondary N) is 2. The highest BCUT2D eigenvalue weighted by Crippen LogP contribution is 2.34. The van der Waals surface area contributed by atoms with E-state index in [2.05, 4.69) is 15.3 Å². The molecule has 164 valence electrons. The lowest BCUT2D eigenvalue weighted by atomic mass is 10.1. The van der Waals surface area contributed by atoms with E-state index in [1.54, 1.807) is 22.8 Å². The zero-order valence-electron chi connectivity index (χ0n) is 17.9. The van der Waals surface area contributed by atoms with E-state index < -0.39 is 0 Å². The Hall–Kier alpha value is -3.61. The first-order valence-corrected chi connectivity index (χ1v) is 11.0. The molecule has 2 heterocycles. The van der Waals surface area contributed by atoms with E-state index in [1.165, 1.54) is 0 Å². The molecule has 33 heavy (non-hydrogen) atoms.